The van der Waals surface area contributed by atoms with Gasteiger partial charge in [0.1, 0.15) is 5.60 Å². The van der Waals surface area contributed by atoms with Crippen molar-refractivity contribution in [2.24, 2.45) is 5.92 Å². The summed E-state index contributed by atoms with van der Waals surface area (Å²) in [5, 5.41) is 3.52. The van der Waals surface area contributed by atoms with E-state index in [-0.39, 0.29) is 12.1 Å². The monoisotopic (exact) mass is 384 g/mol. The Labute approximate surface area is 148 Å². The molecule has 0 heterocycles. The molecule has 4 nitrogen and oxygen atoms in total. The lowest BCUT2D eigenvalue weighted by atomic mass is 10.1. The molecule has 0 aromatic heterocycles. The number of nitrogens with zero attached hydrogens (tertiary/aromatic N) is 1. The molecule has 0 saturated carbocycles. The molecule has 0 bridgehead atoms. The van der Waals surface area contributed by atoms with E-state index in [0.29, 0.717) is 12.5 Å². The van der Waals surface area contributed by atoms with Crippen LogP contribution in [0.4, 0.5) is 4.79 Å². The van der Waals surface area contributed by atoms with Crippen LogP contribution in [0.15, 0.2) is 28.7 Å². The quantitative estimate of drug-likeness (QED) is 0.778. The first-order valence-corrected chi connectivity index (χ1v) is 8.80. The largest absolute Gasteiger partial charge is 0.444 e. The second-order valence-electron chi connectivity index (χ2n) is 7.15. The fourth-order valence-corrected chi connectivity index (χ4v) is 2.46. The molecule has 1 amide bonds. The van der Waals surface area contributed by atoms with Crippen LogP contribution in [-0.4, -0.2) is 36.7 Å². The third kappa shape index (κ3) is 7.84. The Bertz CT molecular complexity index is 497. The first kappa shape index (κ1) is 20.0. The van der Waals surface area contributed by atoms with Crippen molar-refractivity contribution in [3.63, 3.8) is 0 Å². The number of hydrogen-bond donors (Lipinski definition) is 1. The molecule has 2 atom stereocenters. The Kier molecular flexibility index (Phi) is 7.55. The number of hydrogen-bond acceptors (Lipinski definition) is 3. The maximum atomic E-state index is 12.0. The van der Waals surface area contributed by atoms with Crippen molar-refractivity contribution in [3.8, 4) is 0 Å². The van der Waals surface area contributed by atoms with Gasteiger partial charge in [-0.25, -0.2) is 4.79 Å². The van der Waals surface area contributed by atoms with Crippen molar-refractivity contribution < 1.29 is 9.53 Å². The summed E-state index contributed by atoms with van der Waals surface area (Å²) in [5.74, 6) is 0.338. The van der Waals surface area contributed by atoms with Gasteiger partial charge in [-0.3, -0.25) is 0 Å². The van der Waals surface area contributed by atoms with E-state index in [1.165, 1.54) is 5.56 Å². The zero-order valence-corrected chi connectivity index (χ0v) is 16.6. The van der Waals surface area contributed by atoms with Crippen LogP contribution in [0.2, 0.25) is 0 Å². The molecule has 0 radical (unpaired) electrons. The van der Waals surface area contributed by atoms with Crippen molar-refractivity contribution in [2.75, 3.05) is 20.1 Å². The van der Waals surface area contributed by atoms with E-state index >= 15 is 0 Å². The van der Waals surface area contributed by atoms with E-state index in [2.05, 4.69) is 47.2 Å². The minimum atomic E-state index is -0.455. The van der Waals surface area contributed by atoms with Gasteiger partial charge in [-0.2, -0.15) is 0 Å². The average Bonchev–Trinajstić information content (AvgIpc) is 2.43. The zero-order chi connectivity index (χ0) is 17.6. The van der Waals surface area contributed by atoms with E-state index in [0.717, 1.165) is 11.0 Å². The van der Waals surface area contributed by atoms with Crippen molar-refractivity contribution >= 4 is 22.0 Å². The summed E-state index contributed by atoms with van der Waals surface area (Å²) in [6, 6.07) is 8.59. The molecular weight excluding hydrogens is 356 g/mol. The van der Waals surface area contributed by atoms with Crippen molar-refractivity contribution in [3.05, 3.63) is 34.3 Å². The highest BCUT2D eigenvalue weighted by Gasteiger charge is 2.20. The first-order valence-electron chi connectivity index (χ1n) is 8.01. The third-order valence-electron chi connectivity index (χ3n) is 3.43. The fraction of sp³-hybridized carbons (Fsp3) is 0.611. The number of ether oxygens (including phenoxy) is 1. The number of nitrogens with one attached hydrogen (secondary N) is 1. The van der Waals surface area contributed by atoms with Gasteiger partial charge in [0, 0.05) is 24.1 Å². The number of rotatable bonds is 6. The first-order chi connectivity index (χ1) is 10.6. The number of amides is 1. The minimum absolute atomic E-state index is 0.273. The lowest BCUT2D eigenvalue weighted by molar-refractivity contribution is 0.0276. The second kappa shape index (κ2) is 8.69. The second-order valence-corrected chi connectivity index (χ2v) is 8.06. The van der Waals surface area contributed by atoms with Gasteiger partial charge >= 0.3 is 6.09 Å². The van der Waals surface area contributed by atoms with Crippen molar-refractivity contribution in [2.45, 2.75) is 46.3 Å². The maximum Gasteiger partial charge on any atom is 0.410 e. The van der Waals surface area contributed by atoms with Gasteiger partial charge in [0.25, 0.3) is 0 Å². The Morgan fingerprint density at radius 2 is 1.83 bits per heavy atom. The highest BCUT2D eigenvalue weighted by Crippen LogP contribution is 2.17. The van der Waals surface area contributed by atoms with E-state index in [1.807, 2.05) is 32.9 Å². The Balaban J connectivity index is 2.40. The summed E-state index contributed by atoms with van der Waals surface area (Å²) in [6.45, 7) is 11.4. The predicted octanol–water partition coefficient (Wildman–Crippen LogP) is 4.60. The molecule has 130 valence electrons. The van der Waals surface area contributed by atoms with Crippen LogP contribution in [0.25, 0.3) is 0 Å². The molecule has 1 aromatic carbocycles. The highest BCUT2D eigenvalue weighted by atomic mass is 79.9. The summed E-state index contributed by atoms with van der Waals surface area (Å²) in [4.78, 5) is 13.6. The average molecular weight is 385 g/mol. The maximum absolute atomic E-state index is 12.0. The van der Waals surface area contributed by atoms with Crippen LogP contribution < -0.4 is 5.32 Å². The molecule has 1 aromatic rings. The fourth-order valence-electron chi connectivity index (χ4n) is 2.19. The topological polar surface area (TPSA) is 41.6 Å². The van der Waals surface area contributed by atoms with Crippen LogP contribution in [-0.2, 0) is 4.74 Å². The molecule has 23 heavy (non-hydrogen) atoms. The summed E-state index contributed by atoms with van der Waals surface area (Å²) >= 11 is 3.45. The Morgan fingerprint density at radius 1 is 1.26 bits per heavy atom. The molecule has 0 aliphatic rings. The van der Waals surface area contributed by atoms with E-state index < -0.39 is 5.60 Å². The number of carbonyl (C=O) groups is 1. The number of halogens is 1. The van der Waals surface area contributed by atoms with Crippen molar-refractivity contribution in [1.29, 1.82) is 0 Å². The summed E-state index contributed by atoms with van der Waals surface area (Å²) in [5.41, 5.74) is 0.795. The van der Waals surface area contributed by atoms with E-state index in [1.54, 1.807) is 11.9 Å². The molecule has 5 heteroatoms. The molecule has 0 fully saturated rings. The minimum Gasteiger partial charge on any atom is -0.444 e. The molecule has 0 aliphatic carbocycles. The van der Waals surface area contributed by atoms with Crippen LogP contribution in [0.3, 0.4) is 0 Å². The highest BCUT2D eigenvalue weighted by molar-refractivity contribution is 9.10. The van der Waals surface area contributed by atoms with Crippen LogP contribution in [0.5, 0.6) is 0 Å². The summed E-state index contributed by atoms with van der Waals surface area (Å²) < 4.78 is 6.45. The Morgan fingerprint density at radius 3 is 2.35 bits per heavy atom. The van der Waals surface area contributed by atoms with Gasteiger partial charge in [-0.15, -0.1) is 0 Å². The summed E-state index contributed by atoms with van der Waals surface area (Å²) in [7, 11) is 1.78. The molecule has 0 aliphatic heterocycles. The smallest absolute Gasteiger partial charge is 0.410 e. The standard InChI is InChI=1S/C18H29BrN2O2/c1-13(12-21(6)17(22)23-18(3,4)5)11-20-14(2)15-7-9-16(19)10-8-15/h7-10,13-14,20H,11-12H2,1-6H3. The predicted molar refractivity (Wildman–Crippen MR) is 98.6 cm³/mol. The molecular formula is C18H29BrN2O2. The van der Waals surface area contributed by atoms with Gasteiger partial charge in [0.15, 0.2) is 0 Å². The van der Waals surface area contributed by atoms with E-state index in [4.69, 9.17) is 4.74 Å². The molecule has 0 saturated heterocycles. The lowest BCUT2D eigenvalue weighted by Gasteiger charge is -2.27. The van der Waals surface area contributed by atoms with Crippen LogP contribution >= 0.6 is 15.9 Å². The molecule has 1 rings (SSSR count). The molecule has 1 N–H and O–H groups in total. The zero-order valence-electron chi connectivity index (χ0n) is 15.0. The normalized spacial score (nSPS) is 14.2. The van der Waals surface area contributed by atoms with Gasteiger partial charge in [-0.05, 0) is 57.9 Å². The van der Waals surface area contributed by atoms with E-state index in [9.17, 15) is 4.79 Å². The van der Waals surface area contributed by atoms with Gasteiger partial charge in [-0.1, -0.05) is 35.0 Å². The Hall–Kier alpha value is -1.07. The lowest BCUT2D eigenvalue weighted by Crippen LogP contribution is -2.38. The number of benzene rings is 1. The number of carbonyl (C=O) groups excluding carboxylic acids is 1. The van der Waals surface area contributed by atoms with Crippen LogP contribution in [0, 0.1) is 5.92 Å². The van der Waals surface area contributed by atoms with Gasteiger partial charge in [0.2, 0.25) is 0 Å². The van der Waals surface area contributed by atoms with Crippen molar-refractivity contribution in [1.82, 2.24) is 10.2 Å². The molecule has 2 unspecified atom stereocenters. The molecule has 0 spiro atoms. The van der Waals surface area contributed by atoms with Crippen LogP contribution in [0.1, 0.15) is 46.2 Å². The SMILES string of the molecule is CC(CNC(C)c1ccc(Br)cc1)CN(C)C(=O)OC(C)(C)C. The summed E-state index contributed by atoms with van der Waals surface area (Å²) in [6.07, 6.45) is -0.273. The van der Waals surface area contributed by atoms with Gasteiger partial charge in [0.05, 0.1) is 0 Å². The van der Waals surface area contributed by atoms with Gasteiger partial charge < -0.3 is 15.0 Å². The third-order valence-corrected chi connectivity index (χ3v) is 3.96.